The molecule has 0 aromatic carbocycles. The van der Waals surface area contributed by atoms with Crippen LogP contribution in [0.15, 0.2) is 0 Å². The summed E-state index contributed by atoms with van der Waals surface area (Å²) >= 11 is 5.50. The van der Waals surface area contributed by atoms with E-state index >= 15 is 0 Å². The predicted molar refractivity (Wildman–Crippen MR) is 84.6 cm³/mol. The van der Waals surface area contributed by atoms with E-state index in [9.17, 15) is 0 Å². The molecule has 2 N–H and O–H groups in total. The Balaban J connectivity index is 2.03. The molecule has 19 heavy (non-hydrogen) atoms. The summed E-state index contributed by atoms with van der Waals surface area (Å²) in [4.78, 5) is 0. The van der Waals surface area contributed by atoms with Crippen molar-refractivity contribution in [2.75, 3.05) is 0 Å². The topological polar surface area (TPSA) is 27.3 Å². The van der Waals surface area contributed by atoms with Gasteiger partial charge in [-0.25, -0.2) is 5.43 Å². The molecule has 0 bridgehead atoms. The van der Waals surface area contributed by atoms with Gasteiger partial charge in [0.05, 0.1) is 5.54 Å². The van der Waals surface area contributed by atoms with E-state index in [1.165, 1.54) is 12.8 Å². The van der Waals surface area contributed by atoms with E-state index in [0.717, 1.165) is 23.9 Å². The number of nitrogens with one attached hydrogen (secondary N) is 2. The van der Waals surface area contributed by atoms with Gasteiger partial charge in [-0.05, 0) is 70.0 Å². The van der Waals surface area contributed by atoms with Gasteiger partial charge in [-0.3, -0.25) is 5.01 Å². The van der Waals surface area contributed by atoms with E-state index in [1.54, 1.807) is 0 Å². The van der Waals surface area contributed by atoms with Gasteiger partial charge in [-0.15, -0.1) is 0 Å². The highest BCUT2D eigenvalue weighted by Gasteiger charge is 2.46. The average Bonchev–Trinajstić information content (AvgIpc) is 2.54. The number of rotatable bonds is 0. The van der Waals surface area contributed by atoms with Crippen LogP contribution in [0.2, 0.25) is 0 Å². The normalized spacial score (nSPS) is 32.8. The first-order valence-electron chi connectivity index (χ1n) is 7.44. The summed E-state index contributed by atoms with van der Waals surface area (Å²) in [5, 5.41) is 6.52. The van der Waals surface area contributed by atoms with Gasteiger partial charge in [-0.2, -0.15) is 0 Å². The minimum atomic E-state index is 0.00606. The Hall–Kier alpha value is -0.350. The monoisotopic (exact) mass is 283 g/mol. The standard InChI is InChI=1S/C15H29N3S/c1-13(2,3)11-7-9-15(10-8-11)16-12(19)18(17-15)14(4,5)6/h11,17H,7-10H2,1-6H3,(H,16,19). The molecule has 2 aliphatic rings. The van der Waals surface area contributed by atoms with Crippen molar-refractivity contribution in [3.8, 4) is 0 Å². The smallest absolute Gasteiger partial charge is 0.185 e. The molecular formula is C15H29N3S. The molecule has 0 amide bonds. The van der Waals surface area contributed by atoms with Crippen molar-refractivity contribution in [2.45, 2.75) is 78.4 Å². The van der Waals surface area contributed by atoms with Gasteiger partial charge in [0.1, 0.15) is 5.66 Å². The maximum Gasteiger partial charge on any atom is 0.185 e. The maximum absolute atomic E-state index is 5.50. The molecule has 2 fully saturated rings. The van der Waals surface area contributed by atoms with Crippen LogP contribution < -0.4 is 10.7 Å². The molecule has 0 unspecified atom stereocenters. The first kappa shape index (κ1) is 15.0. The van der Waals surface area contributed by atoms with Crippen LogP contribution in [0.3, 0.4) is 0 Å². The summed E-state index contributed by atoms with van der Waals surface area (Å²) < 4.78 is 0. The van der Waals surface area contributed by atoms with Crippen molar-refractivity contribution < 1.29 is 0 Å². The highest BCUT2D eigenvalue weighted by atomic mass is 32.1. The average molecular weight is 283 g/mol. The molecule has 1 saturated carbocycles. The maximum atomic E-state index is 5.50. The highest BCUT2D eigenvalue weighted by molar-refractivity contribution is 7.80. The Morgan fingerprint density at radius 1 is 1.11 bits per heavy atom. The van der Waals surface area contributed by atoms with E-state index in [4.69, 9.17) is 12.2 Å². The van der Waals surface area contributed by atoms with Crippen molar-refractivity contribution >= 4 is 17.3 Å². The molecule has 0 atom stereocenters. The highest BCUT2D eigenvalue weighted by Crippen LogP contribution is 2.42. The van der Waals surface area contributed by atoms with Crippen molar-refractivity contribution in [1.82, 2.24) is 15.8 Å². The summed E-state index contributed by atoms with van der Waals surface area (Å²) in [5.74, 6) is 0.819. The third-order valence-corrected chi connectivity index (χ3v) is 4.89. The van der Waals surface area contributed by atoms with Gasteiger partial charge in [0.2, 0.25) is 0 Å². The molecule has 110 valence electrons. The quantitative estimate of drug-likeness (QED) is 0.666. The first-order chi connectivity index (χ1) is 8.54. The van der Waals surface area contributed by atoms with Gasteiger partial charge in [0.25, 0.3) is 0 Å². The summed E-state index contributed by atoms with van der Waals surface area (Å²) in [6.45, 7) is 13.6. The molecule has 3 nitrogen and oxygen atoms in total. The Morgan fingerprint density at radius 3 is 2.00 bits per heavy atom. The molecule has 0 aromatic rings. The summed E-state index contributed by atoms with van der Waals surface area (Å²) in [6, 6.07) is 0. The van der Waals surface area contributed by atoms with Crippen LogP contribution >= 0.6 is 12.2 Å². The number of thiocarbonyl (C=S) groups is 1. The second-order valence-corrected chi connectivity index (χ2v) is 8.66. The van der Waals surface area contributed by atoms with Gasteiger partial charge in [0, 0.05) is 0 Å². The Morgan fingerprint density at radius 2 is 1.63 bits per heavy atom. The summed E-state index contributed by atoms with van der Waals surface area (Å²) in [5.41, 5.74) is 4.10. The van der Waals surface area contributed by atoms with Gasteiger partial charge in [-0.1, -0.05) is 20.8 Å². The van der Waals surface area contributed by atoms with Crippen molar-refractivity contribution in [3.05, 3.63) is 0 Å². The van der Waals surface area contributed by atoms with Crippen LogP contribution in [0.1, 0.15) is 67.2 Å². The minimum Gasteiger partial charge on any atom is -0.342 e. The van der Waals surface area contributed by atoms with Crippen LogP contribution in [0.4, 0.5) is 0 Å². The number of nitrogens with zero attached hydrogens (tertiary/aromatic N) is 1. The fourth-order valence-corrected chi connectivity index (χ4v) is 3.75. The molecule has 1 aliphatic heterocycles. The van der Waals surface area contributed by atoms with E-state index in [2.05, 4.69) is 57.3 Å². The first-order valence-corrected chi connectivity index (χ1v) is 7.85. The van der Waals surface area contributed by atoms with Crippen LogP contribution in [0.5, 0.6) is 0 Å². The van der Waals surface area contributed by atoms with Crippen LogP contribution in [-0.4, -0.2) is 21.3 Å². The lowest BCUT2D eigenvalue weighted by molar-refractivity contribution is 0.0658. The van der Waals surface area contributed by atoms with E-state index < -0.39 is 0 Å². The molecule has 4 heteroatoms. The Bertz CT molecular complexity index is 357. The molecule has 0 aromatic heterocycles. The zero-order chi connectivity index (χ0) is 14.5. The lowest BCUT2D eigenvalue weighted by Gasteiger charge is -2.43. The molecule has 1 saturated heterocycles. The van der Waals surface area contributed by atoms with Crippen molar-refractivity contribution in [3.63, 3.8) is 0 Å². The predicted octanol–water partition coefficient (Wildman–Crippen LogP) is 3.41. The largest absolute Gasteiger partial charge is 0.342 e. The van der Waals surface area contributed by atoms with Crippen molar-refractivity contribution in [2.24, 2.45) is 11.3 Å². The number of hydrazine groups is 1. The third kappa shape index (κ3) is 3.05. The summed E-state index contributed by atoms with van der Waals surface area (Å²) in [6.07, 6.45) is 4.84. The van der Waals surface area contributed by atoms with Gasteiger partial charge < -0.3 is 5.32 Å². The Kier molecular flexibility index (Phi) is 3.63. The van der Waals surface area contributed by atoms with Crippen LogP contribution in [0, 0.1) is 11.3 Å². The van der Waals surface area contributed by atoms with Crippen molar-refractivity contribution in [1.29, 1.82) is 0 Å². The Labute approximate surface area is 123 Å². The zero-order valence-electron chi connectivity index (χ0n) is 13.3. The van der Waals surface area contributed by atoms with Crippen LogP contribution in [-0.2, 0) is 0 Å². The third-order valence-electron chi connectivity index (χ3n) is 4.61. The second-order valence-electron chi connectivity index (χ2n) is 8.27. The second kappa shape index (κ2) is 4.59. The van der Waals surface area contributed by atoms with E-state index in [0.29, 0.717) is 5.41 Å². The van der Waals surface area contributed by atoms with Gasteiger partial charge >= 0.3 is 0 Å². The molecule has 1 heterocycles. The zero-order valence-corrected chi connectivity index (χ0v) is 14.1. The van der Waals surface area contributed by atoms with E-state index in [1.807, 2.05) is 0 Å². The van der Waals surface area contributed by atoms with E-state index in [-0.39, 0.29) is 11.2 Å². The molecule has 0 radical (unpaired) electrons. The molecule has 1 spiro atoms. The molecular weight excluding hydrogens is 254 g/mol. The lowest BCUT2D eigenvalue weighted by atomic mass is 9.70. The fraction of sp³-hybridized carbons (Fsp3) is 0.933. The fourth-order valence-electron chi connectivity index (χ4n) is 3.24. The minimum absolute atomic E-state index is 0.00606. The molecule has 2 rings (SSSR count). The van der Waals surface area contributed by atoms with Gasteiger partial charge in [0.15, 0.2) is 5.11 Å². The molecule has 1 aliphatic carbocycles. The summed E-state index contributed by atoms with van der Waals surface area (Å²) in [7, 11) is 0. The number of hydrogen-bond acceptors (Lipinski definition) is 2. The SMILES string of the molecule is CC(C)(C)C1CCC2(CC1)NC(=S)N(C(C)(C)C)N2. The van der Waals surface area contributed by atoms with Crippen LogP contribution in [0.25, 0.3) is 0 Å². The number of hydrogen-bond donors (Lipinski definition) is 2. The lowest BCUT2D eigenvalue weighted by Crippen LogP contribution is -2.56.